The van der Waals surface area contributed by atoms with Gasteiger partial charge in [0.15, 0.2) is 11.3 Å². The van der Waals surface area contributed by atoms with E-state index in [9.17, 15) is 8.78 Å². The van der Waals surface area contributed by atoms with Gasteiger partial charge in [-0.3, -0.25) is 14.1 Å². The first-order valence-electron chi connectivity index (χ1n) is 21.0. The van der Waals surface area contributed by atoms with Crippen molar-refractivity contribution >= 4 is 45.8 Å². The number of rotatable bonds is 9. The molecular formula is C47H40ClF2N13. The molecule has 13 nitrogen and oxygen atoms in total. The molecule has 0 saturated heterocycles. The van der Waals surface area contributed by atoms with E-state index in [0.29, 0.717) is 63.7 Å². The molecule has 0 atom stereocenters. The van der Waals surface area contributed by atoms with Gasteiger partial charge in [-0.05, 0) is 123 Å². The lowest BCUT2D eigenvalue weighted by Crippen LogP contribution is -2.17. The van der Waals surface area contributed by atoms with Crippen molar-refractivity contribution < 1.29 is 8.78 Å². The number of benzene rings is 2. The SMILES string of the molecule is Fc1ccc(-c2nc3nc(-c4ccncc4)ccc3n2-c2ccnc(NC3CCCC3)n2)cc1.Fc1ccc(-c2nc3nc(Cl)ccc3n2-c2ccnc(NC3CCCC3)n2)cc1. The Kier molecular flexibility index (Phi) is 11.1. The van der Waals surface area contributed by atoms with Crippen molar-refractivity contribution in [2.75, 3.05) is 10.6 Å². The molecule has 16 heteroatoms. The Balaban J connectivity index is 0.000000152. The van der Waals surface area contributed by atoms with Crippen LogP contribution in [0.1, 0.15) is 51.4 Å². The predicted octanol–water partition coefficient (Wildman–Crippen LogP) is 10.5. The molecule has 0 radical (unpaired) electrons. The van der Waals surface area contributed by atoms with E-state index in [1.165, 1.54) is 49.9 Å². The van der Waals surface area contributed by atoms with Crippen LogP contribution >= 0.6 is 11.6 Å². The summed E-state index contributed by atoms with van der Waals surface area (Å²) in [5, 5.41) is 7.25. The summed E-state index contributed by atoms with van der Waals surface area (Å²) in [6.07, 6.45) is 16.4. The van der Waals surface area contributed by atoms with Crippen LogP contribution in [0.4, 0.5) is 20.7 Å². The normalized spacial score (nSPS) is 14.3. The topological polar surface area (TPSA) is 150 Å². The molecule has 7 aromatic heterocycles. The summed E-state index contributed by atoms with van der Waals surface area (Å²) in [6.45, 7) is 0. The van der Waals surface area contributed by atoms with Gasteiger partial charge in [0, 0.05) is 53.6 Å². The Hall–Kier alpha value is -7.26. The van der Waals surface area contributed by atoms with E-state index in [-0.39, 0.29) is 11.6 Å². The lowest BCUT2D eigenvalue weighted by Gasteiger charge is -2.14. The Labute approximate surface area is 365 Å². The van der Waals surface area contributed by atoms with Gasteiger partial charge in [0.25, 0.3) is 0 Å². The van der Waals surface area contributed by atoms with Gasteiger partial charge in [-0.15, -0.1) is 0 Å². The maximum absolute atomic E-state index is 13.6. The standard InChI is InChI=1S/C26H22FN7.C21H18ClFN6/c27-19-7-5-18(6-8-19)25-33-24-22(10-9-21(31-24)17-11-14-28-15-12-17)34(25)23-13-16-29-26(32-23)30-20-3-1-2-4-20;22-17-10-9-16-19(26-17)28-20(13-5-7-14(23)8-6-13)29(16)18-11-12-24-21(27-18)25-15-3-1-2-4-15/h5-16,20H,1-4H2,(H,29,30,32);5-12,15H,1-4H2,(H,24,25,27). The van der Waals surface area contributed by atoms with E-state index in [2.05, 4.69) is 35.6 Å². The van der Waals surface area contributed by atoms with E-state index in [1.807, 2.05) is 51.6 Å². The Morgan fingerprint density at radius 1 is 0.476 bits per heavy atom. The third-order valence-corrected chi connectivity index (χ3v) is 11.5. The van der Waals surface area contributed by atoms with Crippen LogP contribution in [0.25, 0.3) is 68.0 Å². The van der Waals surface area contributed by atoms with Crippen LogP contribution in [0.5, 0.6) is 0 Å². The molecule has 0 unspecified atom stereocenters. The maximum Gasteiger partial charge on any atom is 0.224 e. The fourth-order valence-corrected chi connectivity index (χ4v) is 8.37. The van der Waals surface area contributed by atoms with Gasteiger partial charge in [-0.1, -0.05) is 37.3 Å². The molecule has 314 valence electrons. The van der Waals surface area contributed by atoms with Gasteiger partial charge in [-0.2, -0.15) is 9.97 Å². The number of halogens is 3. The summed E-state index contributed by atoms with van der Waals surface area (Å²) in [6, 6.07) is 28.3. The van der Waals surface area contributed by atoms with Gasteiger partial charge in [0.2, 0.25) is 11.9 Å². The molecule has 0 spiro atoms. The minimum absolute atomic E-state index is 0.297. The lowest BCUT2D eigenvalue weighted by atomic mass is 10.2. The molecule has 2 aliphatic rings. The van der Waals surface area contributed by atoms with Gasteiger partial charge >= 0.3 is 0 Å². The minimum atomic E-state index is -0.303. The molecule has 9 aromatic rings. The number of anilines is 2. The highest BCUT2D eigenvalue weighted by Gasteiger charge is 2.22. The van der Waals surface area contributed by atoms with E-state index in [4.69, 9.17) is 31.5 Å². The zero-order valence-electron chi connectivity index (χ0n) is 33.9. The average molecular weight is 860 g/mol. The first kappa shape index (κ1) is 39.9. The number of nitrogens with zero attached hydrogens (tertiary/aromatic N) is 11. The fraction of sp³-hybridized carbons (Fsp3) is 0.213. The van der Waals surface area contributed by atoms with Gasteiger partial charge < -0.3 is 10.6 Å². The van der Waals surface area contributed by atoms with Crippen LogP contribution in [0.2, 0.25) is 5.15 Å². The third-order valence-electron chi connectivity index (χ3n) is 11.3. The van der Waals surface area contributed by atoms with Gasteiger partial charge in [-0.25, -0.2) is 38.7 Å². The van der Waals surface area contributed by atoms with E-state index < -0.39 is 0 Å². The van der Waals surface area contributed by atoms with E-state index in [0.717, 1.165) is 59.1 Å². The minimum Gasteiger partial charge on any atom is -0.351 e. The third kappa shape index (κ3) is 8.64. The molecule has 2 aliphatic carbocycles. The number of pyridine rings is 3. The second-order valence-corrected chi connectivity index (χ2v) is 15.9. The number of imidazole rings is 2. The lowest BCUT2D eigenvalue weighted by molar-refractivity contribution is 0.627. The molecule has 2 fully saturated rings. The Morgan fingerprint density at radius 3 is 1.46 bits per heavy atom. The van der Waals surface area contributed by atoms with Crippen LogP contribution in [0.3, 0.4) is 0 Å². The monoisotopic (exact) mass is 859 g/mol. The Morgan fingerprint density at radius 2 is 0.952 bits per heavy atom. The summed E-state index contributed by atoms with van der Waals surface area (Å²) in [7, 11) is 0. The van der Waals surface area contributed by atoms with Gasteiger partial charge in [0.1, 0.15) is 40.1 Å². The van der Waals surface area contributed by atoms with Crippen LogP contribution < -0.4 is 10.6 Å². The highest BCUT2D eigenvalue weighted by atomic mass is 35.5. The second-order valence-electron chi connectivity index (χ2n) is 15.5. The summed E-state index contributed by atoms with van der Waals surface area (Å²) in [4.78, 5) is 41.0. The fourth-order valence-electron chi connectivity index (χ4n) is 8.23. The zero-order chi connectivity index (χ0) is 42.7. The van der Waals surface area contributed by atoms with E-state index in [1.54, 1.807) is 55.1 Å². The molecule has 0 aliphatic heterocycles. The van der Waals surface area contributed by atoms with Crippen LogP contribution in [0, 0.1) is 11.6 Å². The first-order chi connectivity index (χ1) is 30.9. The van der Waals surface area contributed by atoms with Crippen LogP contribution in [0.15, 0.2) is 122 Å². The molecule has 7 heterocycles. The number of aromatic nitrogens is 11. The largest absolute Gasteiger partial charge is 0.351 e. The molecule has 0 amide bonds. The van der Waals surface area contributed by atoms with Gasteiger partial charge in [0.05, 0.1) is 16.7 Å². The smallest absolute Gasteiger partial charge is 0.224 e. The Bertz CT molecular complexity index is 3020. The summed E-state index contributed by atoms with van der Waals surface area (Å²) in [5.74, 6) is 3.17. The zero-order valence-corrected chi connectivity index (χ0v) is 34.7. The highest BCUT2D eigenvalue weighted by molar-refractivity contribution is 6.29. The number of hydrogen-bond acceptors (Lipinski definition) is 11. The summed E-state index contributed by atoms with van der Waals surface area (Å²) in [5.41, 5.74) is 5.94. The van der Waals surface area contributed by atoms with Crippen molar-refractivity contribution in [2.24, 2.45) is 0 Å². The molecule has 2 aromatic carbocycles. The molecule has 11 rings (SSSR count). The summed E-state index contributed by atoms with van der Waals surface area (Å²) < 4.78 is 30.9. The predicted molar refractivity (Wildman–Crippen MR) is 240 cm³/mol. The maximum atomic E-state index is 13.6. The molecule has 0 bridgehead atoms. The first-order valence-corrected chi connectivity index (χ1v) is 21.4. The second kappa shape index (κ2) is 17.6. The molecule has 2 saturated carbocycles. The average Bonchev–Trinajstić information content (AvgIpc) is 4.15. The van der Waals surface area contributed by atoms with Crippen molar-refractivity contribution in [1.29, 1.82) is 0 Å². The number of hydrogen-bond donors (Lipinski definition) is 2. The highest BCUT2D eigenvalue weighted by Crippen LogP contribution is 2.32. The van der Waals surface area contributed by atoms with Crippen LogP contribution in [-0.2, 0) is 0 Å². The van der Waals surface area contributed by atoms with Crippen molar-refractivity contribution in [3.63, 3.8) is 0 Å². The number of fused-ring (bicyclic) bond motifs is 2. The number of nitrogens with one attached hydrogen (secondary N) is 2. The van der Waals surface area contributed by atoms with Crippen molar-refractivity contribution in [3.8, 4) is 45.7 Å². The summed E-state index contributed by atoms with van der Waals surface area (Å²) >= 11 is 6.07. The van der Waals surface area contributed by atoms with Crippen molar-refractivity contribution in [2.45, 2.75) is 63.5 Å². The molecular weight excluding hydrogens is 820 g/mol. The van der Waals surface area contributed by atoms with E-state index >= 15 is 0 Å². The van der Waals surface area contributed by atoms with Crippen molar-refractivity contribution in [1.82, 2.24) is 54.0 Å². The quantitative estimate of drug-likeness (QED) is 0.134. The molecule has 2 N–H and O–H groups in total. The van der Waals surface area contributed by atoms with Crippen molar-refractivity contribution in [3.05, 3.63) is 139 Å². The molecule has 63 heavy (non-hydrogen) atoms. The van der Waals surface area contributed by atoms with Crippen LogP contribution in [-0.4, -0.2) is 66.1 Å².